The minimum absolute atomic E-state index is 0.218. The van der Waals surface area contributed by atoms with E-state index in [-0.39, 0.29) is 24.4 Å². The number of ether oxygens (including phenoxy) is 2. The molecule has 0 aliphatic carbocycles. The zero-order valence-corrected chi connectivity index (χ0v) is 24.7. The predicted molar refractivity (Wildman–Crippen MR) is 153 cm³/mol. The van der Waals surface area contributed by atoms with E-state index in [9.17, 15) is 18.9 Å². The first kappa shape index (κ1) is 29.9. The lowest BCUT2D eigenvalue weighted by atomic mass is 10.00. The van der Waals surface area contributed by atoms with Crippen molar-refractivity contribution in [3.8, 4) is 17.1 Å². The average Bonchev–Trinajstić information content (AvgIpc) is 3.21. The topological polar surface area (TPSA) is 129 Å². The Hall–Kier alpha value is -3.06. The van der Waals surface area contributed by atoms with Gasteiger partial charge in [0.15, 0.2) is 5.82 Å². The van der Waals surface area contributed by atoms with Gasteiger partial charge in [-0.1, -0.05) is 13.3 Å². The molecule has 3 heterocycles. The molecule has 1 saturated heterocycles. The number of nitrogens with zero attached hydrogens (tertiary/aromatic N) is 4. The van der Waals surface area contributed by atoms with Crippen LogP contribution in [0.4, 0.5) is 0 Å². The van der Waals surface area contributed by atoms with Crippen molar-refractivity contribution in [2.45, 2.75) is 58.0 Å². The fraction of sp³-hybridized carbons (Fsp3) is 0.536. The van der Waals surface area contributed by atoms with Gasteiger partial charge in [0.1, 0.15) is 22.3 Å². The first-order chi connectivity index (χ1) is 19.2. The molecular weight excluding hydrogens is 534 g/mol. The van der Waals surface area contributed by atoms with Gasteiger partial charge in [-0.25, -0.2) is 13.0 Å². The van der Waals surface area contributed by atoms with Gasteiger partial charge in [0, 0.05) is 37.4 Å². The van der Waals surface area contributed by atoms with Crippen LogP contribution in [-0.2, 0) is 26.9 Å². The van der Waals surface area contributed by atoms with Crippen LogP contribution in [-0.4, -0.2) is 85.5 Å². The molecule has 3 aromatic rings. The lowest BCUT2D eigenvalue weighted by Crippen LogP contribution is -2.45. The number of aryl methyl sites for hydroxylation is 2. The third-order valence-corrected chi connectivity index (χ3v) is 8.57. The van der Waals surface area contributed by atoms with Gasteiger partial charge in [-0.2, -0.15) is 0 Å². The monoisotopic (exact) mass is 573 g/mol. The van der Waals surface area contributed by atoms with Gasteiger partial charge in [-0.05, 0) is 58.0 Å². The van der Waals surface area contributed by atoms with Crippen LogP contribution >= 0.6 is 0 Å². The summed E-state index contributed by atoms with van der Waals surface area (Å²) in [7, 11) is 0.659. The van der Waals surface area contributed by atoms with Crippen molar-refractivity contribution in [1.82, 2.24) is 23.8 Å². The molecule has 1 fully saturated rings. The summed E-state index contributed by atoms with van der Waals surface area (Å²) in [6.45, 7) is 11.0. The van der Waals surface area contributed by atoms with E-state index in [0.29, 0.717) is 64.7 Å². The number of aromatic amines is 1. The summed E-state index contributed by atoms with van der Waals surface area (Å²) < 4.78 is 27.8. The molecule has 40 heavy (non-hydrogen) atoms. The molecule has 218 valence electrons. The second-order valence-corrected chi connectivity index (χ2v) is 11.4. The van der Waals surface area contributed by atoms with Crippen molar-refractivity contribution < 1.29 is 23.6 Å². The summed E-state index contributed by atoms with van der Waals surface area (Å²) in [5.41, 5.74) is 2.18. The molecule has 0 amide bonds. The minimum Gasteiger partial charge on any atom is -0.493 e. The molecule has 1 aliphatic heterocycles. The van der Waals surface area contributed by atoms with Crippen LogP contribution in [0.5, 0.6) is 5.75 Å². The Labute approximate surface area is 236 Å². The third-order valence-electron chi connectivity index (χ3n) is 7.07. The lowest BCUT2D eigenvalue weighted by Gasteiger charge is -2.31. The van der Waals surface area contributed by atoms with Crippen molar-refractivity contribution in [2.75, 3.05) is 46.4 Å². The van der Waals surface area contributed by atoms with E-state index in [2.05, 4.69) is 9.88 Å². The Morgan fingerprint density at radius 1 is 1.18 bits per heavy atom. The maximum atomic E-state index is 13.5. The van der Waals surface area contributed by atoms with Crippen LogP contribution < -0.4 is 10.3 Å². The largest absolute Gasteiger partial charge is 0.493 e. The molecule has 1 aromatic carbocycles. The highest BCUT2D eigenvalue weighted by molar-refractivity contribution is 7.82. The first-order valence-electron chi connectivity index (χ1n) is 13.8. The van der Waals surface area contributed by atoms with E-state index >= 15 is 0 Å². The molecule has 0 radical (unpaired) electrons. The standard InChI is InChI=1S/C28H39N5O6S/c1-6-9-21-25(22(34)17-24(35)39-8-3)18(4)26-28(36)29-27(30-33(21)26)20-16-19(10-11-23(20)38-7-2)40(37)32-14-12-31(5)13-15-32/h10-11,16,22,34H,6-9,12-15,17H2,1-5H3,(H,29,30,36). The smallest absolute Gasteiger partial charge is 0.308 e. The number of likely N-dealkylation sites (N-methyl/N-ethyl adjacent to an activating group) is 1. The zero-order valence-electron chi connectivity index (χ0n) is 23.9. The number of nitrogens with one attached hydrogen (secondary N) is 1. The summed E-state index contributed by atoms with van der Waals surface area (Å²) >= 11 is 0. The number of aromatic nitrogens is 3. The van der Waals surface area contributed by atoms with Crippen LogP contribution in [0.15, 0.2) is 27.9 Å². The highest BCUT2D eigenvalue weighted by atomic mass is 32.2. The molecule has 12 heteroatoms. The Bertz CT molecular complexity index is 1440. The highest BCUT2D eigenvalue weighted by Gasteiger charge is 2.27. The Kier molecular flexibility index (Phi) is 9.77. The van der Waals surface area contributed by atoms with E-state index in [0.717, 1.165) is 19.5 Å². The average molecular weight is 574 g/mol. The number of H-pyrrole nitrogens is 1. The van der Waals surface area contributed by atoms with Crippen LogP contribution in [0.2, 0.25) is 0 Å². The van der Waals surface area contributed by atoms with Crippen LogP contribution in [0.3, 0.4) is 0 Å². The van der Waals surface area contributed by atoms with E-state index in [1.807, 2.05) is 25.2 Å². The second kappa shape index (κ2) is 13.1. The molecule has 2 unspecified atom stereocenters. The molecule has 0 spiro atoms. The summed E-state index contributed by atoms with van der Waals surface area (Å²) in [6, 6.07) is 5.30. The highest BCUT2D eigenvalue weighted by Crippen LogP contribution is 2.33. The number of benzene rings is 1. The number of esters is 1. The molecular formula is C28H39N5O6S. The van der Waals surface area contributed by atoms with Crippen molar-refractivity contribution in [2.24, 2.45) is 0 Å². The number of rotatable bonds is 11. The van der Waals surface area contributed by atoms with E-state index in [4.69, 9.17) is 14.6 Å². The van der Waals surface area contributed by atoms with Crippen LogP contribution in [0.1, 0.15) is 56.5 Å². The Morgan fingerprint density at radius 3 is 2.55 bits per heavy atom. The van der Waals surface area contributed by atoms with Gasteiger partial charge in [0.25, 0.3) is 5.56 Å². The van der Waals surface area contributed by atoms with Gasteiger partial charge in [0.05, 0.1) is 36.2 Å². The summed E-state index contributed by atoms with van der Waals surface area (Å²) in [6.07, 6.45) is -0.0929. The SMILES string of the molecule is CCCc1c(C(O)CC(=O)OCC)c(C)c2c(=O)[nH]c(-c3cc(S(=O)N4CCN(C)CC4)ccc3OCC)nn12. The fourth-order valence-corrected chi connectivity index (χ4v) is 6.32. The van der Waals surface area contributed by atoms with E-state index in [1.165, 1.54) is 0 Å². The number of aliphatic hydroxyl groups excluding tert-OH is 1. The van der Waals surface area contributed by atoms with Crippen molar-refractivity contribution >= 4 is 22.5 Å². The number of hydrogen-bond acceptors (Lipinski definition) is 8. The second-order valence-electron chi connectivity index (χ2n) is 9.90. The molecule has 1 aliphatic rings. The molecule has 0 saturated carbocycles. The molecule has 2 atom stereocenters. The molecule has 2 aromatic heterocycles. The number of hydrogen-bond donors (Lipinski definition) is 2. The molecule has 11 nitrogen and oxygen atoms in total. The van der Waals surface area contributed by atoms with Crippen molar-refractivity contribution in [1.29, 1.82) is 0 Å². The Morgan fingerprint density at radius 2 is 1.90 bits per heavy atom. The summed E-state index contributed by atoms with van der Waals surface area (Å²) in [5, 5.41) is 15.8. The number of aliphatic hydroxyl groups is 1. The molecule has 2 N–H and O–H groups in total. The number of fused-ring (bicyclic) bond motifs is 1. The number of piperazine rings is 1. The van der Waals surface area contributed by atoms with Crippen molar-refractivity contribution in [3.05, 3.63) is 45.4 Å². The van der Waals surface area contributed by atoms with Crippen LogP contribution in [0.25, 0.3) is 16.9 Å². The van der Waals surface area contributed by atoms with Gasteiger partial charge in [-0.15, -0.1) is 5.10 Å². The van der Waals surface area contributed by atoms with E-state index < -0.39 is 23.1 Å². The van der Waals surface area contributed by atoms with Crippen LogP contribution in [0, 0.1) is 6.92 Å². The zero-order chi connectivity index (χ0) is 29.0. The number of carbonyl (C=O) groups excluding carboxylic acids is 1. The fourth-order valence-electron chi connectivity index (χ4n) is 5.13. The summed E-state index contributed by atoms with van der Waals surface area (Å²) in [4.78, 5) is 31.3. The quantitative estimate of drug-likeness (QED) is 0.335. The number of carbonyl (C=O) groups is 1. The predicted octanol–water partition coefficient (Wildman–Crippen LogP) is 2.61. The normalized spacial score (nSPS) is 16.2. The third kappa shape index (κ3) is 6.14. The van der Waals surface area contributed by atoms with Gasteiger partial charge >= 0.3 is 5.97 Å². The minimum atomic E-state index is -1.39. The van der Waals surface area contributed by atoms with E-state index in [1.54, 1.807) is 36.6 Å². The summed E-state index contributed by atoms with van der Waals surface area (Å²) in [5.74, 6) is 0.255. The Balaban J connectivity index is 1.83. The maximum absolute atomic E-state index is 13.5. The first-order valence-corrected chi connectivity index (χ1v) is 14.9. The lowest BCUT2D eigenvalue weighted by molar-refractivity contribution is -0.145. The maximum Gasteiger partial charge on any atom is 0.308 e. The van der Waals surface area contributed by atoms with Gasteiger partial charge < -0.3 is 24.5 Å². The van der Waals surface area contributed by atoms with Gasteiger partial charge in [0.2, 0.25) is 0 Å². The molecule has 0 bridgehead atoms. The molecule has 4 rings (SSSR count). The van der Waals surface area contributed by atoms with Gasteiger partial charge in [-0.3, -0.25) is 9.59 Å². The van der Waals surface area contributed by atoms with Crippen molar-refractivity contribution in [3.63, 3.8) is 0 Å².